The molecule has 0 aromatic carbocycles. The van der Waals surface area contributed by atoms with Gasteiger partial charge in [-0.25, -0.2) is 19.2 Å². The Labute approximate surface area is 172 Å². The first-order valence-electron chi connectivity index (χ1n) is 8.91. The Hall–Kier alpha value is -1.93. The fraction of sp³-hybridized carbons (Fsp3) is 0.556. The first-order chi connectivity index (χ1) is 13.0. The smallest absolute Gasteiger partial charge is 0.408 e. The van der Waals surface area contributed by atoms with Crippen molar-refractivity contribution in [1.29, 1.82) is 0 Å². The number of piperidine rings is 1. The van der Waals surface area contributed by atoms with Gasteiger partial charge < -0.3 is 15.0 Å². The van der Waals surface area contributed by atoms with Crippen LogP contribution in [0.1, 0.15) is 40.5 Å². The number of hydrogen-bond donors (Lipinski definition) is 1. The maximum atomic E-state index is 14.4. The topological polar surface area (TPSA) is 80.2 Å². The molecule has 28 heavy (non-hydrogen) atoms. The number of rotatable bonds is 2. The summed E-state index contributed by atoms with van der Waals surface area (Å²) in [4.78, 5) is 26.3. The van der Waals surface area contributed by atoms with Crippen molar-refractivity contribution in [3.8, 4) is 0 Å². The van der Waals surface area contributed by atoms with Crippen LogP contribution in [-0.4, -0.2) is 45.3 Å². The Balaban J connectivity index is 1.90. The van der Waals surface area contributed by atoms with E-state index in [0.29, 0.717) is 24.3 Å². The average Bonchev–Trinajstić information content (AvgIpc) is 2.55. The van der Waals surface area contributed by atoms with Crippen LogP contribution < -0.4 is 10.2 Å². The minimum absolute atomic E-state index is 0.0161. The zero-order valence-electron chi connectivity index (χ0n) is 16.1. The number of nitrogens with one attached hydrogen (secondary N) is 1. The number of fused-ring (bicyclic) bond motifs is 1. The van der Waals surface area contributed by atoms with Crippen LogP contribution in [0.15, 0.2) is 6.20 Å². The van der Waals surface area contributed by atoms with Gasteiger partial charge in [0.15, 0.2) is 11.0 Å². The second-order valence-corrected chi connectivity index (χ2v) is 8.85. The van der Waals surface area contributed by atoms with E-state index in [4.69, 9.17) is 27.9 Å². The maximum Gasteiger partial charge on any atom is 0.408 e. The lowest BCUT2D eigenvalue weighted by atomic mass is 9.91. The predicted octanol–water partition coefficient (Wildman–Crippen LogP) is 4.35. The summed E-state index contributed by atoms with van der Waals surface area (Å²) in [5.74, 6) is -0.286. The number of anilines is 1. The van der Waals surface area contributed by atoms with E-state index in [9.17, 15) is 9.18 Å². The zero-order chi connectivity index (χ0) is 20.7. The van der Waals surface area contributed by atoms with E-state index in [1.54, 1.807) is 0 Å². The Morgan fingerprint density at radius 2 is 2.07 bits per heavy atom. The second-order valence-electron chi connectivity index (χ2n) is 8.15. The van der Waals surface area contributed by atoms with Crippen LogP contribution in [0.4, 0.5) is 15.0 Å². The number of amides is 1. The van der Waals surface area contributed by atoms with Crippen molar-refractivity contribution in [2.24, 2.45) is 0 Å². The molecule has 2 aromatic rings. The molecule has 1 fully saturated rings. The normalized spacial score (nSPS) is 20.3. The van der Waals surface area contributed by atoms with Crippen LogP contribution in [0.5, 0.6) is 0 Å². The summed E-state index contributed by atoms with van der Waals surface area (Å²) in [6.45, 7) is 8.47. The number of nitrogens with zero attached hydrogens (tertiary/aromatic N) is 4. The van der Waals surface area contributed by atoms with E-state index < -0.39 is 23.1 Å². The lowest BCUT2D eigenvalue weighted by Gasteiger charge is -2.41. The lowest BCUT2D eigenvalue weighted by Crippen LogP contribution is -2.57. The number of carbonyl (C=O) groups excluding carboxylic acids is 1. The van der Waals surface area contributed by atoms with Gasteiger partial charge in [0.1, 0.15) is 16.9 Å². The molecular formula is C18H22Cl2FN5O2. The van der Waals surface area contributed by atoms with Crippen molar-refractivity contribution in [2.45, 2.75) is 51.7 Å². The molecule has 7 nitrogen and oxygen atoms in total. The molecule has 0 radical (unpaired) electrons. The van der Waals surface area contributed by atoms with E-state index in [2.05, 4.69) is 20.3 Å². The largest absolute Gasteiger partial charge is 0.444 e. The Kier molecular flexibility index (Phi) is 5.55. The van der Waals surface area contributed by atoms with Gasteiger partial charge in [0.25, 0.3) is 0 Å². The van der Waals surface area contributed by atoms with Gasteiger partial charge in [-0.15, -0.1) is 0 Å². The number of alkyl carbamates (subject to hydrolysis) is 1. The highest BCUT2D eigenvalue weighted by molar-refractivity contribution is 6.30. The summed E-state index contributed by atoms with van der Waals surface area (Å²) in [5.41, 5.74) is -1.13. The molecule has 3 rings (SSSR count). The molecule has 1 N–H and O–H groups in total. The van der Waals surface area contributed by atoms with Crippen molar-refractivity contribution in [2.75, 3.05) is 18.0 Å². The molecule has 152 valence electrons. The van der Waals surface area contributed by atoms with E-state index in [1.165, 1.54) is 6.20 Å². The number of pyridine rings is 1. The van der Waals surface area contributed by atoms with Crippen LogP contribution in [0.25, 0.3) is 10.9 Å². The molecule has 0 aliphatic carbocycles. The summed E-state index contributed by atoms with van der Waals surface area (Å²) < 4.78 is 19.7. The average molecular weight is 430 g/mol. The molecule has 2 aromatic heterocycles. The molecule has 0 unspecified atom stereocenters. The quantitative estimate of drug-likeness (QED) is 0.564. The summed E-state index contributed by atoms with van der Waals surface area (Å²) in [7, 11) is 0. The second kappa shape index (κ2) is 7.48. The standard InChI is InChI=1S/C18H22Cl2FN5O2/c1-17(2,3)28-16(27)25-18(4)6-5-7-26(9-18)14-10-8-22-13(19)11(21)12(10)23-15(20)24-14/h8H,5-7,9H2,1-4H3,(H,25,27)/t18-/m0/s1. The van der Waals surface area contributed by atoms with E-state index in [0.717, 1.165) is 12.8 Å². The number of hydrogen-bond acceptors (Lipinski definition) is 6. The van der Waals surface area contributed by atoms with Gasteiger partial charge >= 0.3 is 6.09 Å². The Bertz CT molecular complexity index is 921. The molecule has 10 heteroatoms. The van der Waals surface area contributed by atoms with Crippen molar-refractivity contribution in [1.82, 2.24) is 20.3 Å². The van der Waals surface area contributed by atoms with Crippen molar-refractivity contribution < 1.29 is 13.9 Å². The molecule has 1 aliphatic heterocycles. The molecule has 0 bridgehead atoms. The third kappa shape index (κ3) is 4.55. The Morgan fingerprint density at radius 3 is 2.75 bits per heavy atom. The minimum Gasteiger partial charge on any atom is -0.444 e. The number of halogens is 3. The molecule has 1 saturated heterocycles. The van der Waals surface area contributed by atoms with Crippen LogP contribution >= 0.6 is 23.2 Å². The Morgan fingerprint density at radius 1 is 1.36 bits per heavy atom. The highest BCUT2D eigenvalue weighted by Gasteiger charge is 2.35. The highest BCUT2D eigenvalue weighted by Crippen LogP contribution is 2.32. The van der Waals surface area contributed by atoms with Crippen LogP contribution in [0.3, 0.4) is 0 Å². The lowest BCUT2D eigenvalue weighted by molar-refractivity contribution is 0.0454. The minimum atomic E-state index is -0.739. The molecule has 3 heterocycles. The van der Waals surface area contributed by atoms with Crippen molar-refractivity contribution >= 4 is 46.0 Å². The summed E-state index contributed by atoms with van der Waals surface area (Å²) >= 11 is 11.8. The monoisotopic (exact) mass is 429 g/mol. The summed E-state index contributed by atoms with van der Waals surface area (Å²) in [6.07, 6.45) is 2.50. The van der Waals surface area contributed by atoms with Gasteiger partial charge in [-0.1, -0.05) is 11.6 Å². The van der Waals surface area contributed by atoms with Gasteiger partial charge in [0.05, 0.1) is 10.9 Å². The van der Waals surface area contributed by atoms with Crippen molar-refractivity contribution in [3.63, 3.8) is 0 Å². The third-order valence-corrected chi connectivity index (χ3v) is 4.83. The zero-order valence-corrected chi connectivity index (χ0v) is 17.7. The van der Waals surface area contributed by atoms with E-state index in [-0.39, 0.29) is 16.0 Å². The van der Waals surface area contributed by atoms with Gasteiger partial charge in [-0.05, 0) is 52.1 Å². The number of carbonyl (C=O) groups is 1. The summed E-state index contributed by atoms with van der Waals surface area (Å²) in [6, 6.07) is 0. The highest BCUT2D eigenvalue weighted by atomic mass is 35.5. The first-order valence-corrected chi connectivity index (χ1v) is 9.66. The molecule has 0 saturated carbocycles. The number of ether oxygens (including phenoxy) is 1. The predicted molar refractivity (Wildman–Crippen MR) is 107 cm³/mol. The summed E-state index contributed by atoms with van der Waals surface area (Å²) in [5, 5.41) is 2.99. The SMILES string of the molecule is CC(C)(C)OC(=O)N[C@@]1(C)CCCN(c2nc(Cl)nc3c(F)c(Cl)ncc23)C1. The van der Waals surface area contributed by atoms with Gasteiger partial charge in [-0.2, -0.15) is 4.98 Å². The molecule has 1 atom stereocenters. The molecular weight excluding hydrogens is 408 g/mol. The fourth-order valence-electron chi connectivity index (χ4n) is 3.31. The van der Waals surface area contributed by atoms with E-state index in [1.807, 2.05) is 32.6 Å². The number of aromatic nitrogens is 3. The van der Waals surface area contributed by atoms with Crippen LogP contribution in [-0.2, 0) is 4.74 Å². The molecule has 1 amide bonds. The molecule has 0 spiro atoms. The third-order valence-electron chi connectivity index (χ3n) is 4.39. The van der Waals surface area contributed by atoms with Crippen LogP contribution in [0, 0.1) is 5.82 Å². The maximum absolute atomic E-state index is 14.4. The van der Waals surface area contributed by atoms with Gasteiger partial charge in [-0.3, -0.25) is 0 Å². The fourth-order valence-corrected chi connectivity index (χ4v) is 3.61. The van der Waals surface area contributed by atoms with Crippen LogP contribution in [0.2, 0.25) is 10.4 Å². The van der Waals surface area contributed by atoms with Gasteiger partial charge in [0, 0.05) is 19.3 Å². The van der Waals surface area contributed by atoms with E-state index >= 15 is 0 Å². The molecule has 1 aliphatic rings. The van der Waals surface area contributed by atoms with Crippen molar-refractivity contribution in [3.05, 3.63) is 22.5 Å². The van der Waals surface area contributed by atoms with Gasteiger partial charge in [0.2, 0.25) is 5.28 Å². The first kappa shape index (κ1) is 20.8.